The lowest BCUT2D eigenvalue weighted by atomic mass is 9.89. The van der Waals surface area contributed by atoms with Crippen LogP contribution in [0.25, 0.3) is 0 Å². The van der Waals surface area contributed by atoms with Crippen LogP contribution in [0.4, 0.5) is 0 Å². The van der Waals surface area contributed by atoms with Crippen LogP contribution in [-0.4, -0.2) is 77.7 Å². The third-order valence-corrected chi connectivity index (χ3v) is 2.92. The smallest absolute Gasteiger partial charge is 0.337 e. The molecule has 0 heterocycles. The van der Waals surface area contributed by atoms with Crippen LogP contribution in [0.15, 0.2) is 0 Å². The van der Waals surface area contributed by atoms with Crippen molar-refractivity contribution in [2.75, 3.05) is 0 Å². The number of hydrogen-bond acceptors (Lipinski definition) is 7. The molecule has 0 rings (SSSR count). The number of aliphatic carboxylic acids is 6. The number of carbonyl (C=O) groups is 6. The van der Waals surface area contributed by atoms with E-state index in [-0.39, 0.29) is 0 Å². The van der Waals surface area contributed by atoms with Crippen molar-refractivity contribution < 1.29 is 64.1 Å². The van der Waals surface area contributed by atoms with E-state index in [4.69, 9.17) is 20.4 Å². The van der Waals surface area contributed by atoms with E-state index in [1.54, 1.807) is 0 Å². The number of ether oxygens (including phenoxy) is 1. The van der Waals surface area contributed by atoms with Gasteiger partial charge in [0.25, 0.3) is 0 Å². The Morgan fingerprint density at radius 2 is 0.720 bits per heavy atom. The molecule has 13 nitrogen and oxygen atoms in total. The molecule has 13 heteroatoms. The minimum atomic E-state index is -3.21. The number of carboxylic acids is 6. The molecule has 140 valence electrons. The van der Waals surface area contributed by atoms with E-state index >= 15 is 0 Å². The van der Waals surface area contributed by atoms with Crippen molar-refractivity contribution in [1.29, 1.82) is 0 Å². The Labute approximate surface area is 138 Å². The van der Waals surface area contributed by atoms with Crippen LogP contribution < -0.4 is 0 Å². The third-order valence-electron chi connectivity index (χ3n) is 2.92. The largest absolute Gasteiger partial charge is 0.481 e. The summed E-state index contributed by atoms with van der Waals surface area (Å²) >= 11 is 0. The van der Waals surface area contributed by atoms with Crippen LogP contribution in [0.3, 0.4) is 0 Å². The fraction of sp³-hybridized carbons (Fsp3) is 0.500. The SMILES string of the molecule is O=C(O)CC(CC(=O)O)(OC(CC(=O)O)(CC(=O)O)C(=O)O)C(=O)O. The van der Waals surface area contributed by atoms with Gasteiger partial charge in [-0.25, -0.2) is 9.59 Å². The van der Waals surface area contributed by atoms with Crippen LogP contribution in [0, 0.1) is 0 Å². The normalized spacial score (nSPS) is 11.5. The quantitative estimate of drug-likeness (QED) is 0.232. The molecule has 0 aliphatic rings. The van der Waals surface area contributed by atoms with E-state index in [2.05, 4.69) is 4.74 Å². The van der Waals surface area contributed by atoms with E-state index in [9.17, 15) is 39.0 Å². The van der Waals surface area contributed by atoms with Gasteiger partial charge in [0, 0.05) is 0 Å². The van der Waals surface area contributed by atoms with Gasteiger partial charge >= 0.3 is 35.8 Å². The maximum absolute atomic E-state index is 11.4. The Morgan fingerprint density at radius 1 is 0.520 bits per heavy atom. The molecule has 0 aromatic rings. The fourth-order valence-electron chi connectivity index (χ4n) is 2.01. The third kappa shape index (κ3) is 6.06. The zero-order valence-electron chi connectivity index (χ0n) is 12.4. The van der Waals surface area contributed by atoms with Gasteiger partial charge in [0.15, 0.2) is 11.2 Å². The highest BCUT2D eigenvalue weighted by atomic mass is 16.6. The highest BCUT2D eigenvalue weighted by Crippen LogP contribution is 2.33. The van der Waals surface area contributed by atoms with Crippen molar-refractivity contribution in [3.63, 3.8) is 0 Å². The Morgan fingerprint density at radius 3 is 0.840 bits per heavy atom. The standard InChI is InChI=1S/C12H14O13/c13-5(14)1-11(9(21)22,2-6(15)16)25-12(10(23)24,3-7(17)18)4-8(19)20/h1-4H2,(H,13,14)(H,15,16)(H,17,18)(H,19,20)(H,21,22)(H,23,24). The average Bonchev–Trinajstić information content (AvgIpc) is 2.34. The first-order valence-corrected chi connectivity index (χ1v) is 6.30. The monoisotopic (exact) mass is 366 g/mol. The molecule has 25 heavy (non-hydrogen) atoms. The second kappa shape index (κ2) is 8.05. The summed E-state index contributed by atoms with van der Waals surface area (Å²) in [6, 6.07) is 0. The Balaban J connectivity index is 6.34. The molecule has 0 amide bonds. The lowest BCUT2D eigenvalue weighted by Gasteiger charge is -2.36. The van der Waals surface area contributed by atoms with Crippen LogP contribution in [-0.2, 0) is 33.5 Å². The molecule has 0 fully saturated rings. The fourth-order valence-corrected chi connectivity index (χ4v) is 2.01. The first-order valence-electron chi connectivity index (χ1n) is 6.30. The molecule has 0 atom stereocenters. The predicted octanol–water partition coefficient (Wildman–Crippen LogP) is -1.45. The predicted molar refractivity (Wildman–Crippen MR) is 70.8 cm³/mol. The summed E-state index contributed by atoms with van der Waals surface area (Å²) < 4.78 is 4.67. The highest BCUT2D eigenvalue weighted by Gasteiger charge is 2.55. The lowest BCUT2D eigenvalue weighted by molar-refractivity contribution is -0.217. The molecule has 0 saturated heterocycles. The molecule has 0 unspecified atom stereocenters. The first kappa shape index (κ1) is 21.8. The summed E-state index contributed by atoms with van der Waals surface area (Å²) in [5.41, 5.74) is -6.41. The van der Waals surface area contributed by atoms with Crippen molar-refractivity contribution in [2.24, 2.45) is 0 Å². The molecular weight excluding hydrogens is 352 g/mol. The van der Waals surface area contributed by atoms with E-state index < -0.39 is 72.7 Å². The van der Waals surface area contributed by atoms with Crippen molar-refractivity contribution >= 4 is 35.8 Å². The van der Waals surface area contributed by atoms with Gasteiger partial charge in [0.05, 0.1) is 25.7 Å². The number of hydrogen-bond donors (Lipinski definition) is 6. The minimum absolute atomic E-state index is 1.55. The van der Waals surface area contributed by atoms with Gasteiger partial charge < -0.3 is 35.4 Å². The Kier molecular flexibility index (Phi) is 7.01. The number of carboxylic acid groups (broad SMARTS) is 6. The zero-order valence-corrected chi connectivity index (χ0v) is 12.4. The maximum atomic E-state index is 11.4. The van der Waals surface area contributed by atoms with Crippen molar-refractivity contribution in [3.8, 4) is 0 Å². The summed E-state index contributed by atoms with van der Waals surface area (Å²) in [4.78, 5) is 66.4. The summed E-state index contributed by atoms with van der Waals surface area (Å²) in [6.07, 6.45) is -6.21. The van der Waals surface area contributed by atoms with E-state index in [1.165, 1.54) is 0 Å². The summed E-state index contributed by atoms with van der Waals surface area (Å²) in [6.45, 7) is 0. The number of rotatable bonds is 12. The first-order chi connectivity index (χ1) is 11.3. The second-order valence-corrected chi connectivity index (χ2v) is 4.98. The van der Waals surface area contributed by atoms with E-state index in [1.807, 2.05) is 0 Å². The van der Waals surface area contributed by atoms with Crippen LogP contribution >= 0.6 is 0 Å². The van der Waals surface area contributed by atoms with Gasteiger partial charge in [-0.05, 0) is 0 Å². The second-order valence-electron chi connectivity index (χ2n) is 4.98. The van der Waals surface area contributed by atoms with Gasteiger partial charge in [-0.2, -0.15) is 0 Å². The molecule has 0 saturated carbocycles. The molecule has 0 radical (unpaired) electrons. The molecule has 0 aliphatic heterocycles. The Hall–Kier alpha value is -3.22. The molecule has 0 aromatic carbocycles. The van der Waals surface area contributed by atoms with E-state index in [0.717, 1.165) is 0 Å². The topological polar surface area (TPSA) is 233 Å². The van der Waals surface area contributed by atoms with Crippen molar-refractivity contribution in [1.82, 2.24) is 0 Å². The molecular formula is C12H14O13. The van der Waals surface area contributed by atoms with Gasteiger partial charge in [-0.3, -0.25) is 19.2 Å². The molecule has 0 aromatic heterocycles. The molecule has 0 bridgehead atoms. The van der Waals surface area contributed by atoms with E-state index in [0.29, 0.717) is 0 Å². The van der Waals surface area contributed by atoms with Crippen LogP contribution in [0.5, 0.6) is 0 Å². The van der Waals surface area contributed by atoms with Crippen molar-refractivity contribution in [3.05, 3.63) is 0 Å². The van der Waals surface area contributed by atoms with Gasteiger partial charge in [-0.1, -0.05) is 0 Å². The Bertz CT molecular complexity index is 520. The van der Waals surface area contributed by atoms with Crippen molar-refractivity contribution in [2.45, 2.75) is 36.9 Å². The molecule has 0 aliphatic carbocycles. The highest BCUT2D eigenvalue weighted by molar-refractivity contribution is 5.92. The summed E-state index contributed by atoms with van der Waals surface area (Å²) in [5, 5.41) is 53.6. The maximum Gasteiger partial charge on any atom is 0.337 e. The minimum Gasteiger partial charge on any atom is -0.481 e. The summed E-state index contributed by atoms with van der Waals surface area (Å²) in [7, 11) is 0. The van der Waals surface area contributed by atoms with Crippen LogP contribution in [0.1, 0.15) is 25.7 Å². The van der Waals surface area contributed by atoms with Gasteiger partial charge in [0.2, 0.25) is 0 Å². The average molecular weight is 366 g/mol. The molecule has 0 spiro atoms. The van der Waals surface area contributed by atoms with Gasteiger partial charge in [-0.15, -0.1) is 0 Å². The zero-order chi connectivity index (χ0) is 20.0. The van der Waals surface area contributed by atoms with Gasteiger partial charge in [0.1, 0.15) is 0 Å². The van der Waals surface area contributed by atoms with Crippen LogP contribution in [0.2, 0.25) is 0 Å². The lowest BCUT2D eigenvalue weighted by Crippen LogP contribution is -2.56. The molecule has 6 N–H and O–H groups in total. The summed E-state index contributed by atoms with van der Waals surface area (Å²) in [5.74, 6) is -12.0.